The number of benzene rings is 1. The van der Waals surface area contributed by atoms with Gasteiger partial charge in [0.05, 0.1) is 12.5 Å². The van der Waals surface area contributed by atoms with Crippen molar-refractivity contribution in [3.05, 3.63) is 22.3 Å². The van der Waals surface area contributed by atoms with E-state index in [9.17, 15) is 4.79 Å². The topological polar surface area (TPSA) is 59.3 Å². The molecule has 1 unspecified atom stereocenters. The van der Waals surface area contributed by atoms with Gasteiger partial charge in [0.2, 0.25) is 0 Å². The number of hydrogen-bond donors (Lipinski definition) is 0. The van der Waals surface area contributed by atoms with E-state index in [4.69, 9.17) is 14.7 Å². The molecule has 1 aromatic carbocycles. The van der Waals surface area contributed by atoms with Crippen molar-refractivity contribution < 1.29 is 14.3 Å². The highest BCUT2D eigenvalue weighted by atomic mass is 16.5. The predicted octanol–water partition coefficient (Wildman–Crippen LogP) is 3.14. The fraction of sp³-hybridized carbons (Fsp3) is 0.500. The van der Waals surface area contributed by atoms with Gasteiger partial charge < -0.3 is 9.47 Å². The van der Waals surface area contributed by atoms with E-state index in [-0.39, 0.29) is 5.97 Å². The molecule has 1 aromatic rings. The number of fused-ring (bicyclic) bond motifs is 1. The molecule has 0 bridgehead atoms. The van der Waals surface area contributed by atoms with Gasteiger partial charge in [-0.1, -0.05) is 0 Å². The Hall–Kier alpha value is -2.02. The molecule has 0 radical (unpaired) electrons. The summed E-state index contributed by atoms with van der Waals surface area (Å²) >= 11 is 0. The third-order valence-electron chi connectivity index (χ3n) is 3.91. The van der Waals surface area contributed by atoms with Crippen molar-refractivity contribution in [2.45, 2.75) is 53.1 Å². The molecule has 2 rings (SSSR count). The van der Waals surface area contributed by atoms with Gasteiger partial charge in [-0.2, -0.15) is 5.26 Å². The highest BCUT2D eigenvalue weighted by Gasteiger charge is 2.38. The maximum Gasteiger partial charge on any atom is 0.308 e. The summed E-state index contributed by atoms with van der Waals surface area (Å²) in [6, 6.07) is 2.17. The summed E-state index contributed by atoms with van der Waals surface area (Å²) in [6.45, 7) is 9.15. The second kappa shape index (κ2) is 4.82. The minimum absolute atomic E-state index is 0.325. The van der Waals surface area contributed by atoms with Crippen molar-refractivity contribution in [2.75, 3.05) is 0 Å². The first-order valence-corrected chi connectivity index (χ1v) is 6.66. The molecule has 0 fully saturated rings. The molecule has 20 heavy (non-hydrogen) atoms. The highest BCUT2D eigenvalue weighted by Crippen LogP contribution is 2.46. The molecule has 1 aliphatic rings. The Balaban J connectivity index is 2.55. The van der Waals surface area contributed by atoms with Crippen LogP contribution in [0.4, 0.5) is 0 Å². The first-order chi connectivity index (χ1) is 9.29. The minimum atomic E-state index is -0.492. The minimum Gasteiger partial charge on any atom is -0.486 e. The molecule has 0 N–H and O–H groups in total. The monoisotopic (exact) mass is 273 g/mol. The third-order valence-corrected chi connectivity index (χ3v) is 3.91. The fourth-order valence-electron chi connectivity index (χ4n) is 2.73. The van der Waals surface area contributed by atoms with E-state index in [0.717, 1.165) is 28.0 Å². The van der Waals surface area contributed by atoms with Crippen molar-refractivity contribution >= 4 is 5.97 Å². The van der Waals surface area contributed by atoms with Crippen LogP contribution in [-0.2, 0) is 11.2 Å². The summed E-state index contributed by atoms with van der Waals surface area (Å²) in [7, 11) is 0. The van der Waals surface area contributed by atoms with Crippen LogP contribution in [0, 0.1) is 32.1 Å². The number of carbonyl (C=O) groups is 1. The van der Waals surface area contributed by atoms with Gasteiger partial charge in [0.25, 0.3) is 0 Å². The Morgan fingerprint density at radius 1 is 1.35 bits per heavy atom. The van der Waals surface area contributed by atoms with Crippen LogP contribution in [0.2, 0.25) is 0 Å². The van der Waals surface area contributed by atoms with Crippen molar-refractivity contribution in [2.24, 2.45) is 0 Å². The summed E-state index contributed by atoms with van der Waals surface area (Å²) in [5.41, 5.74) is 3.37. The number of nitriles is 1. The summed E-state index contributed by atoms with van der Waals surface area (Å²) in [4.78, 5) is 11.3. The third kappa shape index (κ3) is 2.24. The molecule has 0 aliphatic carbocycles. The molecule has 4 heteroatoms. The molecule has 1 atom stereocenters. The Morgan fingerprint density at radius 3 is 2.55 bits per heavy atom. The smallest absolute Gasteiger partial charge is 0.308 e. The lowest BCUT2D eigenvalue weighted by Gasteiger charge is -2.20. The van der Waals surface area contributed by atoms with E-state index in [1.807, 2.05) is 27.7 Å². The van der Waals surface area contributed by atoms with Gasteiger partial charge in [-0.25, -0.2) is 0 Å². The number of rotatable bonds is 2. The molecule has 0 saturated carbocycles. The average molecular weight is 273 g/mol. The van der Waals surface area contributed by atoms with Crippen LogP contribution in [0.15, 0.2) is 0 Å². The lowest BCUT2D eigenvalue weighted by atomic mass is 9.91. The lowest BCUT2D eigenvalue weighted by Crippen LogP contribution is -2.29. The van der Waals surface area contributed by atoms with E-state index >= 15 is 0 Å². The van der Waals surface area contributed by atoms with Gasteiger partial charge in [0, 0.05) is 18.9 Å². The zero-order valence-electron chi connectivity index (χ0n) is 12.6. The predicted molar refractivity (Wildman–Crippen MR) is 74.9 cm³/mol. The number of ether oxygens (including phenoxy) is 2. The Bertz CT molecular complexity index is 628. The first kappa shape index (κ1) is 14.4. The normalized spacial score (nSPS) is 20.0. The molecule has 0 spiro atoms. The van der Waals surface area contributed by atoms with E-state index < -0.39 is 5.60 Å². The van der Waals surface area contributed by atoms with Crippen LogP contribution < -0.4 is 9.47 Å². The zero-order valence-corrected chi connectivity index (χ0v) is 12.6. The SMILES string of the molecule is CC(=O)Oc1c(C)c(C)c2c(c1C)CC(C)(CC#N)O2. The molecule has 0 saturated heterocycles. The molecule has 0 aromatic heterocycles. The summed E-state index contributed by atoms with van der Waals surface area (Å²) in [6.07, 6.45) is 1.000. The summed E-state index contributed by atoms with van der Waals surface area (Å²) in [5.74, 6) is 1.14. The molecule has 0 amide bonds. The molecule has 106 valence electrons. The Kier molecular flexibility index (Phi) is 3.47. The van der Waals surface area contributed by atoms with Crippen molar-refractivity contribution in [1.29, 1.82) is 5.26 Å². The molecule has 4 nitrogen and oxygen atoms in total. The number of carbonyl (C=O) groups excluding carboxylic acids is 1. The number of hydrogen-bond acceptors (Lipinski definition) is 4. The molecular formula is C16H19NO3. The highest BCUT2D eigenvalue weighted by molar-refractivity contribution is 5.72. The van der Waals surface area contributed by atoms with E-state index in [1.54, 1.807) is 0 Å². The molecular weight excluding hydrogens is 254 g/mol. The Morgan fingerprint density at radius 2 is 2.00 bits per heavy atom. The van der Waals surface area contributed by atoms with Crippen LogP contribution in [0.3, 0.4) is 0 Å². The lowest BCUT2D eigenvalue weighted by molar-refractivity contribution is -0.131. The van der Waals surface area contributed by atoms with E-state index in [2.05, 4.69) is 6.07 Å². The van der Waals surface area contributed by atoms with Gasteiger partial charge >= 0.3 is 5.97 Å². The van der Waals surface area contributed by atoms with Crippen molar-refractivity contribution in [3.63, 3.8) is 0 Å². The second-order valence-corrected chi connectivity index (χ2v) is 5.67. The van der Waals surface area contributed by atoms with Gasteiger partial charge in [-0.15, -0.1) is 0 Å². The standard InChI is InChI=1S/C16H19NO3/c1-9-10(2)15-13(8-16(5,20-15)6-7-17)11(3)14(9)19-12(4)18/h6,8H2,1-5H3. The Labute approximate surface area is 119 Å². The van der Waals surface area contributed by atoms with Crippen LogP contribution in [-0.4, -0.2) is 11.6 Å². The van der Waals surface area contributed by atoms with Crippen LogP contribution >= 0.6 is 0 Å². The van der Waals surface area contributed by atoms with Crippen molar-refractivity contribution in [3.8, 4) is 17.6 Å². The van der Waals surface area contributed by atoms with Crippen LogP contribution in [0.1, 0.15) is 42.5 Å². The maximum absolute atomic E-state index is 11.3. The molecule has 1 heterocycles. The quantitative estimate of drug-likeness (QED) is 0.613. The largest absolute Gasteiger partial charge is 0.486 e. The maximum atomic E-state index is 11.3. The average Bonchev–Trinajstić information content (AvgIpc) is 2.70. The van der Waals surface area contributed by atoms with Gasteiger partial charge in [-0.05, 0) is 44.4 Å². The summed E-state index contributed by atoms with van der Waals surface area (Å²) in [5, 5.41) is 8.94. The van der Waals surface area contributed by atoms with Gasteiger partial charge in [-0.3, -0.25) is 4.79 Å². The fourth-order valence-corrected chi connectivity index (χ4v) is 2.73. The van der Waals surface area contributed by atoms with E-state index in [1.165, 1.54) is 6.92 Å². The second-order valence-electron chi connectivity index (χ2n) is 5.67. The van der Waals surface area contributed by atoms with E-state index in [0.29, 0.717) is 18.6 Å². The van der Waals surface area contributed by atoms with Gasteiger partial charge in [0.15, 0.2) is 0 Å². The van der Waals surface area contributed by atoms with Gasteiger partial charge in [0.1, 0.15) is 17.1 Å². The molecule has 1 aliphatic heterocycles. The zero-order chi connectivity index (χ0) is 15.1. The number of nitrogens with zero attached hydrogens (tertiary/aromatic N) is 1. The first-order valence-electron chi connectivity index (χ1n) is 6.66. The number of esters is 1. The summed E-state index contributed by atoms with van der Waals surface area (Å²) < 4.78 is 11.4. The van der Waals surface area contributed by atoms with Crippen LogP contribution in [0.25, 0.3) is 0 Å². The van der Waals surface area contributed by atoms with Crippen LogP contribution in [0.5, 0.6) is 11.5 Å². The van der Waals surface area contributed by atoms with Crippen molar-refractivity contribution in [1.82, 2.24) is 0 Å².